The molecule has 1 fully saturated rings. The maximum absolute atomic E-state index is 13.6. The van der Waals surface area contributed by atoms with Crippen LogP contribution in [0.5, 0.6) is 0 Å². The number of carbonyl (C=O) groups is 3. The predicted molar refractivity (Wildman–Crippen MR) is 129 cm³/mol. The summed E-state index contributed by atoms with van der Waals surface area (Å²) < 4.78 is 27.8. The third-order valence-corrected chi connectivity index (χ3v) is 7.07. The number of amides is 1. The van der Waals surface area contributed by atoms with Crippen molar-refractivity contribution in [2.24, 2.45) is 5.92 Å². The van der Waals surface area contributed by atoms with Crippen molar-refractivity contribution in [2.75, 3.05) is 13.1 Å². The lowest BCUT2D eigenvalue weighted by Crippen LogP contribution is -2.58. The molecule has 0 saturated carbocycles. The Labute approximate surface area is 209 Å². The molecule has 1 aromatic heterocycles. The number of carboxylic acid groups (broad SMARTS) is 1. The second-order valence-electron chi connectivity index (χ2n) is 9.29. The number of halogens is 3. The summed E-state index contributed by atoms with van der Waals surface area (Å²) in [7, 11) is 0. The molecule has 0 bridgehead atoms. The molecule has 186 valence electrons. The van der Waals surface area contributed by atoms with Crippen LogP contribution in [0.25, 0.3) is 16.5 Å². The van der Waals surface area contributed by atoms with E-state index in [4.69, 9.17) is 11.6 Å². The fourth-order valence-electron chi connectivity index (χ4n) is 4.76. The van der Waals surface area contributed by atoms with Gasteiger partial charge in [0.15, 0.2) is 0 Å². The van der Waals surface area contributed by atoms with Crippen molar-refractivity contribution in [1.82, 2.24) is 14.7 Å². The van der Waals surface area contributed by atoms with E-state index >= 15 is 0 Å². The monoisotopic (exact) mass is 513 g/mol. The Hall–Kier alpha value is -3.59. The van der Waals surface area contributed by atoms with Gasteiger partial charge in [0.25, 0.3) is 17.7 Å². The minimum atomic E-state index is -2.90. The van der Waals surface area contributed by atoms with Crippen LogP contribution in [0.15, 0.2) is 42.5 Å². The van der Waals surface area contributed by atoms with Gasteiger partial charge in [0.2, 0.25) is 0 Å². The summed E-state index contributed by atoms with van der Waals surface area (Å²) in [6, 6.07) is 9.75. The molecule has 0 radical (unpaired) electrons. The number of hydrogen-bond donors (Lipinski definition) is 1. The number of hydrogen-bond acceptors (Lipinski definition) is 4. The maximum atomic E-state index is 13.6. The van der Waals surface area contributed by atoms with Crippen LogP contribution in [-0.4, -0.2) is 56.6 Å². The third kappa shape index (κ3) is 4.17. The number of likely N-dealkylation sites (tertiary alicyclic amines) is 1. The maximum Gasteiger partial charge on any atom is 0.306 e. The number of benzene rings is 2. The Morgan fingerprint density at radius 2 is 1.89 bits per heavy atom. The molecule has 1 unspecified atom stereocenters. The highest BCUT2D eigenvalue weighted by molar-refractivity contribution is 6.34. The minimum Gasteiger partial charge on any atom is -0.481 e. The zero-order valence-electron chi connectivity index (χ0n) is 19.3. The number of alkyl halides is 2. The SMILES string of the molecule is Cc1cccc(Cl)c1C(=O)n1nc(C2=CCC(C(=O)O)CC2)c2ccc(C(=O)N3CC(F)(F)C3)cc21. The summed E-state index contributed by atoms with van der Waals surface area (Å²) in [6.45, 7) is 0.452. The molecule has 1 saturated heterocycles. The zero-order valence-corrected chi connectivity index (χ0v) is 20.1. The van der Waals surface area contributed by atoms with Gasteiger partial charge in [-0.3, -0.25) is 14.4 Å². The molecule has 0 spiro atoms. The summed E-state index contributed by atoms with van der Waals surface area (Å²) in [6.07, 6.45) is 3.07. The molecule has 5 rings (SSSR count). The molecule has 1 N–H and O–H groups in total. The van der Waals surface area contributed by atoms with E-state index in [0.29, 0.717) is 41.4 Å². The van der Waals surface area contributed by atoms with Crippen molar-refractivity contribution in [2.45, 2.75) is 32.1 Å². The molecule has 36 heavy (non-hydrogen) atoms. The third-order valence-electron chi connectivity index (χ3n) is 6.75. The number of carboxylic acids is 1. The van der Waals surface area contributed by atoms with Gasteiger partial charge in [0.05, 0.1) is 40.8 Å². The Kier molecular flexibility index (Phi) is 5.90. The van der Waals surface area contributed by atoms with Gasteiger partial charge < -0.3 is 10.0 Å². The fraction of sp³-hybridized carbons (Fsp3) is 0.308. The number of fused-ring (bicyclic) bond motifs is 1. The van der Waals surface area contributed by atoms with Gasteiger partial charge in [-0.2, -0.15) is 9.78 Å². The van der Waals surface area contributed by atoms with Crippen LogP contribution in [0.1, 0.15) is 51.2 Å². The van der Waals surface area contributed by atoms with Crippen molar-refractivity contribution < 1.29 is 28.3 Å². The lowest BCUT2D eigenvalue weighted by Gasteiger charge is -2.38. The molecule has 1 amide bonds. The molecule has 1 aliphatic carbocycles. The van der Waals surface area contributed by atoms with E-state index in [1.165, 1.54) is 16.8 Å². The van der Waals surface area contributed by atoms with Gasteiger partial charge in [-0.1, -0.05) is 29.8 Å². The lowest BCUT2D eigenvalue weighted by molar-refractivity contribution is -0.141. The van der Waals surface area contributed by atoms with Crippen LogP contribution >= 0.6 is 11.6 Å². The molecular weight excluding hydrogens is 492 g/mol. The van der Waals surface area contributed by atoms with Crippen molar-refractivity contribution in [3.8, 4) is 0 Å². The Morgan fingerprint density at radius 1 is 1.14 bits per heavy atom. The van der Waals surface area contributed by atoms with Crippen LogP contribution < -0.4 is 0 Å². The minimum absolute atomic E-state index is 0.165. The number of aromatic nitrogens is 2. The van der Waals surface area contributed by atoms with Gasteiger partial charge in [-0.15, -0.1) is 0 Å². The first-order chi connectivity index (χ1) is 17.1. The summed E-state index contributed by atoms with van der Waals surface area (Å²) in [5.41, 5.74) is 2.74. The van der Waals surface area contributed by atoms with Crippen molar-refractivity contribution in [3.63, 3.8) is 0 Å². The van der Waals surface area contributed by atoms with E-state index in [1.807, 2.05) is 6.08 Å². The topological polar surface area (TPSA) is 92.5 Å². The second-order valence-corrected chi connectivity index (χ2v) is 9.69. The molecule has 1 atom stereocenters. The Bertz CT molecular complexity index is 1430. The quantitative estimate of drug-likeness (QED) is 0.527. The molecule has 1 aliphatic heterocycles. The van der Waals surface area contributed by atoms with Crippen LogP contribution in [0.3, 0.4) is 0 Å². The summed E-state index contributed by atoms with van der Waals surface area (Å²) >= 11 is 6.34. The van der Waals surface area contributed by atoms with Gasteiger partial charge in [0.1, 0.15) is 0 Å². The van der Waals surface area contributed by atoms with Crippen LogP contribution in [0.2, 0.25) is 5.02 Å². The van der Waals surface area contributed by atoms with Crippen LogP contribution in [-0.2, 0) is 4.79 Å². The molecule has 2 aliphatic rings. The molecular formula is C26H22ClF2N3O4. The number of rotatable bonds is 4. The normalized spacial score (nSPS) is 19.1. The Balaban J connectivity index is 1.62. The average molecular weight is 514 g/mol. The van der Waals surface area contributed by atoms with Crippen LogP contribution in [0, 0.1) is 12.8 Å². The van der Waals surface area contributed by atoms with Gasteiger partial charge >= 0.3 is 5.97 Å². The summed E-state index contributed by atoms with van der Waals surface area (Å²) in [5.74, 6) is -5.28. The van der Waals surface area contributed by atoms with E-state index in [2.05, 4.69) is 5.10 Å². The fourth-order valence-corrected chi connectivity index (χ4v) is 5.06. The smallest absolute Gasteiger partial charge is 0.306 e. The van der Waals surface area contributed by atoms with Gasteiger partial charge in [-0.25, -0.2) is 8.78 Å². The predicted octanol–water partition coefficient (Wildman–Crippen LogP) is 5.05. The first-order valence-corrected chi connectivity index (χ1v) is 11.9. The van der Waals surface area contributed by atoms with Crippen LogP contribution in [0.4, 0.5) is 8.78 Å². The number of carbonyl (C=O) groups excluding carboxylic acids is 2. The number of nitrogens with zero attached hydrogens (tertiary/aromatic N) is 3. The standard InChI is InChI=1S/C26H22ClF2N3O4/c1-14-3-2-4-19(27)21(14)24(34)32-20-11-17(23(33)31-12-26(28,29)13-31)9-10-18(20)22(30-32)15-5-7-16(8-6-15)25(35)36/h2-5,9-11,16H,6-8,12-13H2,1H3,(H,35,36). The molecule has 10 heteroatoms. The molecule has 2 heterocycles. The van der Waals surface area contributed by atoms with Crippen molar-refractivity contribution in [3.05, 3.63) is 69.9 Å². The van der Waals surface area contributed by atoms with Gasteiger partial charge in [0, 0.05) is 10.9 Å². The van der Waals surface area contributed by atoms with Crippen molar-refractivity contribution in [1.29, 1.82) is 0 Å². The first-order valence-electron chi connectivity index (χ1n) is 11.5. The number of aryl methyl sites for hydroxylation is 1. The summed E-state index contributed by atoms with van der Waals surface area (Å²) in [4.78, 5) is 38.9. The second kappa shape index (κ2) is 8.81. The largest absolute Gasteiger partial charge is 0.481 e. The number of aliphatic carboxylic acids is 1. The van der Waals surface area contributed by atoms with E-state index in [9.17, 15) is 28.3 Å². The number of allylic oxidation sites excluding steroid dienone is 2. The van der Waals surface area contributed by atoms with Gasteiger partial charge in [-0.05, 0) is 61.6 Å². The first kappa shape index (κ1) is 24.1. The van der Waals surface area contributed by atoms with Crippen molar-refractivity contribution >= 4 is 45.9 Å². The highest BCUT2D eigenvalue weighted by atomic mass is 35.5. The van der Waals surface area contributed by atoms with E-state index in [0.717, 1.165) is 10.5 Å². The van der Waals surface area contributed by atoms with E-state index < -0.39 is 42.7 Å². The molecule has 3 aromatic rings. The molecule has 7 nitrogen and oxygen atoms in total. The lowest BCUT2D eigenvalue weighted by atomic mass is 9.87. The van der Waals surface area contributed by atoms with E-state index in [-0.39, 0.29) is 16.1 Å². The zero-order chi connectivity index (χ0) is 25.8. The average Bonchev–Trinajstić information content (AvgIpc) is 3.20. The highest BCUT2D eigenvalue weighted by Gasteiger charge is 2.46. The molecule has 2 aromatic carbocycles. The Morgan fingerprint density at radius 3 is 2.50 bits per heavy atom. The summed E-state index contributed by atoms with van der Waals surface area (Å²) in [5, 5.41) is 14.8. The highest BCUT2D eigenvalue weighted by Crippen LogP contribution is 2.35. The van der Waals surface area contributed by atoms with E-state index in [1.54, 1.807) is 31.2 Å².